The molecule has 1 aliphatic carbocycles. The molecule has 0 aromatic rings. The van der Waals surface area contributed by atoms with Gasteiger partial charge in [-0.25, -0.2) is 13.1 Å². The van der Waals surface area contributed by atoms with Crippen molar-refractivity contribution in [2.24, 2.45) is 11.8 Å². The van der Waals surface area contributed by atoms with Gasteiger partial charge in [-0.3, -0.25) is 4.79 Å². The van der Waals surface area contributed by atoms with Gasteiger partial charge in [0.1, 0.15) is 0 Å². The first kappa shape index (κ1) is 25.4. The van der Waals surface area contributed by atoms with Gasteiger partial charge < -0.3 is 9.64 Å². The maximum Gasteiger partial charge on any atom is 0.389 e. The van der Waals surface area contributed by atoms with E-state index in [4.69, 9.17) is 4.74 Å². The molecule has 1 saturated carbocycles. The molecule has 0 bridgehead atoms. The van der Waals surface area contributed by atoms with Crippen LogP contribution in [0.15, 0.2) is 0 Å². The van der Waals surface area contributed by atoms with Crippen molar-refractivity contribution in [3.63, 3.8) is 0 Å². The van der Waals surface area contributed by atoms with Crippen molar-refractivity contribution in [1.29, 1.82) is 0 Å². The monoisotopic (exact) mass is 456 g/mol. The lowest BCUT2D eigenvalue weighted by Crippen LogP contribution is -2.59. The SMILES string of the molecule is CC(C)C1CCC(OC[C@H]2[C@@H](NS(C)(=O)=O)CCCN2C(=O)CCC(F)(F)F)CC1. The summed E-state index contributed by atoms with van der Waals surface area (Å²) in [7, 11) is -3.52. The summed E-state index contributed by atoms with van der Waals surface area (Å²) in [6.45, 7) is 4.86. The maximum absolute atomic E-state index is 12.6. The quantitative estimate of drug-likeness (QED) is 0.607. The van der Waals surface area contributed by atoms with E-state index in [2.05, 4.69) is 18.6 Å². The predicted molar refractivity (Wildman–Crippen MR) is 108 cm³/mol. The number of amides is 1. The summed E-state index contributed by atoms with van der Waals surface area (Å²) in [6.07, 6.45) is -0.162. The van der Waals surface area contributed by atoms with Crippen molar-refractivity contribution in [3.05, 3.63) is 0 Å². The Hall–Kier alpha value is -0.870. The highest BCUT2D eigenvalue weighted by molar-refractivity contribution is 7.88. The second-order valence-electron chi connectivity index (χ2n) is 9.02. The normalized spacial score (nSPS) is 28.7. The number of hydrogen-bond acceptors (Lipinski definition) is 4. The van der Waals surface area contributed by atoms with Crippen molar-refractivity contribution in [1.82, 2.24) is 9.62 Å². The average molecular weight is 457 g/mol. The van der Waals surface area contributed by atoms with E-state index >= 15 is 0 Å². The molecule has 2 atom stereocenters. The molecule has 30 heavy (non-hydrogen) atoms. The molecule has 0 aromatic heterocycles. The largest absolute Gasteiger partial charge is 0.389 e. The van der Waals surface area contributed by atoms with Crippen LogP contribution in [0.3, 0.4) is 0 Å². The van der Waals surface area contributed by atoms with Crippen LogP contribution >= 0.6 is 0 Å². The topological polar surface area (TPSA) is 75.7 Å². The Bertz CT molecular complexity index is 661. The van der Waals surface area contributed by atoms with E-state index in [1.165, 1.54) is 4.90 Å². The third-order valence-electron chi connectivity index (χ3n) is 6.25. The van der Waals surface area contributed by atoms with Gasteiger partial charge in [0.2, 0.25) is 15.9 Å². The zero-order valence-corrected chi connectivity index (χ0v) is 18.9. The number of nitrogens with zero attached hydrogens (tertiary/aromatic N) is 1. The fourth-order valence-electron chi connectivity index (χ4n) is 4.53. The van der Waals surface area contributed by atoms with Gasteiger partial charge in [0.05, 0.1) is 31.4 Å². The van der Waals surface area contributed by atoms with Gasteiger partial charge in [-0.05, 0) is 50.4 Å². The third kappa shape index (κ3) is 8.34. The van der Waals surface area contributed by atoms with E-state index < -0.39 is 47.0 Å². The fourth-order valence-corrected chi connectivity index (χ4v) is 5.36. The van der Waals surface area contributed by atoms with E-state index in [0.717, 1.165) is 31.9 Å². The minimum Gasteiger partial charge on any atom is -0.376 e. The number of ether oxygens (including phenoxy) is 1. The number of halogens is 3. The van der Waals surface area contributed by atoms with Crippen molar-refractivity contribution in [3.8, 4) is 0 Å². The Labute approximate surface area is 178 Å². The summed E-state index contributed by atoms with van der Waals surface area (Å²) in [5, 5.41) is 0. The summed E-state index contributed by atoms with van der Waals surface area (Å²) >= 11 is 0. The van der Waals surface area contributed by atoms with Crippen LogP contribution in [0, 0.1) is 11.8 Å². The maximum atomic E-state index is 12.6. The summed E-state index contributed by atoms with van der Waals surface area (Å²) in [6, 6.07) is -1.16. The first-order valence-corrected chi connectivity index (χ1v) is 12.7. The van der Waals surface area contributed by atoms with E-state index in [9.17, 15) is 26.4 Å². The van der Waals surface area contributed by atoms with Crippen LogP contribution in [-0.4, -0.2) is 63.0 Å². The Morgan fingerprint density at radius 1 is 1.17 bits per heavy atom. The highest BCUT2D eigenvalue weighted by atomic mass is 32.2. The first-order valence-electron chi connectivity index (χ1n) is 10.8. The summed E-state index contributed by atoms with van der Waals surface area (Å²) in [4.78, 5) is 13.9. The van der Waals surface area contributed by atoms with Crippen LogP contribution in [0.2, 0.25) is 0 Å². The second kappa shape index (κ2) is 10.6. The second-order valence-corrected chi connectivity index (χ2v) is 10.8. The number of nitrogens with one attached hydrogen (secondary N) is 1. The highest BCUT2D eigenvalue weighted by Gasteiger charge is 2.38. The van der Waals surface area contributed by atoms with E-state index in [-0.39, 0.29) is 12.7 Å². The van der Waals surface area contributed by atoms with Gasteiger partial charge in [0.25, 0.3) is 0 Å². The molecule has 0 aromatic carbocycles. The van der Waals surface area contributed by atoms with Gasteiger partial charge in [-0.15, -0.1) is 0 Å². The summed E-state index contributed by atoms with van der Waals surface area (Å²) in [5.41, 5.74) is 0. The Morgan fingerprint density at radius 2 is 1.80 bits per heavy atom. The molecule has 2 rings (SSSR count). The molecule has 0 spiro atoms. The lowest BCUT2D eigenvalue weighted by atomic mass is 9.80. The van der Waals surface area contributed by atoms with Gasteiger partial charge in [-0.2, -0.15) is 13.2 Å². The number of piperidine rings is 1. The molecule has 176 valence electrons. The molecule has 1 aliphatic heterocycles. The van der Waals surface area contributed by atoms with Crippen molar-refractivity contribution < 1.29 is 31.1 Å². The van der Waals surface area contributed by atoms with Crippen molar-refractivity contribution >= 4 is 15.9 Å². The first-order chi connectivity index (χ1) is 13.9. The smallest absolute Gasteiger partial charge is 0.376 e. The van der Waals surface area contributed by atoms with Gasteiger partial charge in [0, 0.05) is 19.0 Å². The number of alkyl halides is 3. The van der Waals surface area contributed by atoms with Gasteiger partial charge in [-0.1, -0.05) is 13.8 Å². The molecule has 2 fully saturated rings. The molecule has 1 N–H and O–H groups in total. The van der Waals surface area contributed by atoms with Crippen molar-refractivity contribution in [2.45, 2.75) is 89.6 Å². The number of hydrogen-bond donors (Lipinski definition) is 1. The molecule has 1 saturated heterocycles. The Balaban J connectivity index is 2.03. The standard InChI is InChI=1S/C20H35F3N2O4S/c1-14(2)15-6-8-16(9-7-15)29-13-18-17(24-30(3,27)28)5-4-12-25(18)19(26)10-11-20(21,22)23/h14-18,24H,4-13H2,1-3H3/t15?,16?,17-,18-/m0/s1. The molecular weight excluding hydrogens is 421 g/mol. The minimum absolute atomic E-state index is 0.0351. The number of carbonyl (C=O) groups is 1. The van der Waals surface area contributed by atoms with E-state index in [1.54, 1.807) is 0 Å². The van der Waals surface area contributed by atoms with E-state index in [1.807, 2.05) is 0 Å². The molecule has 2 aliphatic rings. The molecule has 1 amide bonds. The molecule has 10 heteroatoms. The zero-order valence-electron chi connectivity index (χ0n) is 18.1. The number of rotatable bonds is 8. The van der Waals surface area contributed by atoms with Crippen LogP contribution in [0.4, 0.5) is 13.2 Å². The molecule has 0 unspecified atom stereocenters. The van der Waals surface area contributed by atoms with Gasteiger partial charge >= 0.3 is 6.18 Å². The van der Waals surface area contributed by atoms with E-state index in [0.29, 0.717) is 31.2 Å². The third-order valence-corrected chi connectivity index (χ3v) is 6.98. The Morgan fingerprint density at radius 3 is 2.33 bits per heavy atom. The number of sulfonamides is 1. The molecule has 1 heterocycles. The number of likely N-dealkylation sites (tertiary alicyclic amines) is 1. The molecule has 6 nitrogen and oxygen atoms in total. The average Bonchev–Trinajstić information content (AvgIpc) is 2.63. The van der Waals surface area contributed by atoms with Crippen LogP contribution in [0.5, 0.6) is 0 Å². The lowest BCUT2D eigenvalue weighted by Gasteiger charge is -2.42. The summed E-state index contributed by atoms with van der Waals surface area (Å²) in [5.74, 6) is 0.679. The summed E-state index contributed by atoms with van der Waals surface area (Å²) < 4.78 is 69.9. The minimum atomic E-state index is -4.41. The molecular formula is C20H35F3N2O4S. The highest BCUT2D eigenvalue weighted by Crippen LogP contribution is 2.32. The lowest BCUT2D eigenvalue weighted by molar-refractivity contribution is -0.153. The van der Waals surface area contributed by atoms with Crippen LogP contribution in [-0.2, 0) is 19.6 Å². The van der Waals surface area contributed by atoms with Crippen LogP contribution in [0.25, 0.3) is 0 Å². The van der Waals surface area contributed by atoms with Gasteiger partial charge in [0.15, 0.2) is 0 Å². The van der Waals surface area contributed by atoms with Crippen LogP contribution in [0.1, 0.15) is 65.2 Å². The predicted octanol–water partition coefficient (Wildman–Crippen LogP) is 3.47. The molecule has 0 radical (unpaired) electrons. The fraction of sp³-hybridized carbons (Fsp3) is 0.950. The van der Waals surface area contributed by atoms with Crippen molar-refractivity contribution in [2.75, 3.05) is 19.4 Å². The Kier molecular flexibility index (Phi) is 9.00. The zero-order chi connectivity index (χ0) is 22.5. The van der Waals surface area contributed by atoms with Crippen LogP contribution < -0.4 is 4.72 Å². The number of carbonyl (C=O) groups excluding carboxylic acids is 1.